The van der Waals surface area contributed by atoms with Crippen molar-refractivity contribution in [2.24, 2.45) is 0 Å². The second-order valence-corrected chi connectivity index (χ2v) is 16.8. The molecule has 0 radical (unpaired) electrons. The maximum Gasteiger partial charge on any atom is 2.00 e. The predicted molar refractivity (Wildman–Crippen MR) is 301 cm³/mol. The number of hydrogen-bond acceptors (Lipinski definition) is 6. The summed E-state index contributed by atoms with van der Waals surface area (Å²) in [5, 5.41) is 0. The molecule has 10 rings (SSSR count). The number of pyridine rings is 4. The molecule has 0 fully saturated rings. The molecule has 0 amide bonds. The zero-order chi connectivity index (χ0) is 50.3. The van der Waals surface area contributed by atoms with Crippen molar-refractivity contribution in [2.75, 3.05) is 13.1 Å². The van der Waals surface area contributed by atoms with Crippen molar-refractivity contribution >= 4 is 26.4 Å². The standard InChI is InChI=1S/2C16H11N2.2C15H21N2.BrH.ClH.2Pt/c2*1-2-7-13(8-3-1)14-10-6-11-16(18-14)15-9-4-5-12-17-15;2*1-2-3-10-16-12-13-17(14-16)11-9-15-7-5-4-6-8-15;;;;/h2*1-7,9-12H;2*4-8,12-14H,2-3,9-11H2,1H3;2*1H;;/q3*-1;+1;;;2*+2/p-1. The van der Waals surface area contributed by atoms with E-state index in [1.54, 1.807) is 31.2 Å². The van der Waals surface area contributed by atoms with Crippen molar-refractivity contribution in [3.63, 3.8) is 0 Å². The van der Waals surface area contributed by atoms with Crippen LogP contribution in [0.1, 0.15) is 50.7 Å². The molecule has 0 unspecified atom stereocenters. The van der Waals surface area contributed by atoms with Gasteiger partial charge in [-0.1, -0.05) is 124 Å². The molecule has 386 valence electrons. The molecule has 0 atom stereocenters. The average Bonchev–Trinajstić information content (AvgIpc) is 4.15. The van der Waals surface area contributed by atoms with Crippen molar-refractivity contribution in [3.8, 4) is 45.3 Å². The maximum atomic E-state index is 4.62. The largest absolute Gasteiger partial charge is 2.00 e. The van der Waals surface area contributed by atoms with Gasteiger partial charge in [0.1, 0.15) is 12.4 Å². The number of benzene rings is 4. The Morgan fingerprint density at radius 2 is 0.973 bits per heavy atom. The number of nitrogens with zero attached hydrogens (tertiary/aromatic N) is 8. The molecular formula is C62H65BrClN8Pt2+. The van der Waals surface area contributed by atoms with Crippen molar-refractivity contribution in [1.29, 1.82) is 0 Å². The molecule has 9 aromatic rings. The van der Waals surface area contributed by atoms with Gasteiger partial charge in [0, 0.05) is 18.8 Å². The molecule has 8 nitrogen and oxygen atoms in total. The van der Waals surface area contributed by atoms with Crippen LogP contribution in [-0.4, -0.2) is 47.4 Å². The summed E-state index contributed by atoms with van der Waals surface area (Å²) in [7, 11) is 4.61. The first kappa shape index (κ1) is 60.7. The fourth-order valence-corrected chi connectivity index (χ4v) is 7.48. The molecule has 5 aromatic heterocycles. The van der Waals surface area contributed by atoms with Crippen LogP contribution in [0.3, 0.4) is 0 Å². The zero-order valence-electron chi connectivity index (χ0n) is 42.0. The zero-order valence-corrected chi connectivity index (χ0v) is 49.0. The van der Waals surface area contributed by atoms with E-state index in [9.17, 15) is 0 Å². The summed E-state index contributed by atoms with van der Waals surface area (Å²) in [5.74, 6) is 0. The van der Waals surface area contributed by atoms with Gasteiger partial charge in [0.25, 0.3) is 0 Å². The Balaban J connectivity index is 0.000000209. The first-order valence-corrected chi connectivity index (χ1v) is 27.5. The van der Waals surface area contributed by atoms with Crippen LogP contribution in [0.25, 0.3) is 45.3 Å². The minimum absolute atomic E-state index is 0. The summed E-state index contributed by atoms with van der Waals surface area (Å²) in [5.41, 5.74) is 10.2. The number of halogens is 2. The monoisotopic (exact) mass is 1430 g/mol. The van der Waals surface area contributed by atoms with Crippen molar-refractivity contribution in [2.45, 2.75) is 65.5 Å². The Hall–Kier alpha value is -5.82. The van der Waals surface area contributed by atoms with Crippen LogP contribution in [0.4, 0.5) is 0 Å². The SMILES string of the molecule is Br.CCCCN1C=CN(CCc2ccccc2)[CH-]1.CCCC[n+]1ccn(CCc2ccccc2)c1.[Cl][Pt+].[Pt+2].[c-]1ccccc1-c1cccc(-c2ccccn2)n1.[c-]1ccccc1-c1cccc(-c2ccccn2)n1. The topological polar surface area (TPSA) is 66.8 Å². The van der Waals surface area contributed by atoms with E-state index in [4.69, 9.17) is 0 Å². The van der Waals surface area contributed by atoms with Crippen LogP contribution in [-0.2, 0) is 65.8 Å². The van der Waals surface area contributed by atoms with E-state index in [-0.39, 0.29) is 38.0 Å². The molecule has 4 aromatic carbocycles. The minimum Gasteiger partial charge on any atom is -0.295 e. The van der Waals surface area contributed by atoms with Crippen LogP contribution in [0.5, 0.6) is 0 Å². The van der Waals surface area contributed by atoms with E-state index in [1.165, 1.54) is 36.8 Å². The number of aryl methyl sites for hydroxylation is 3. The number of imidazole rings is 1. The summed E-state index contributed by atoms with van der Waals surface area (Å²) in [6.45, 7) is 11.1. The van der Waals surface area contributed by atoms with Gasteiger partial charge in [-0.2, -0.15) is 6.67 Å². The van der Waals surface area contributed by atoms with Crippen LogP contribution in [0.2, 0.25) is 0 Å². The van der Waals surface area contributed by atoms with Crippen molar-refractivity contribution in [1.82, 2.24) is 34.3 Å². The van der Waals surface area contributed by atoms with Crippen molar-refractivity contribution in [3.05, 3.63) is 255 Å². The van der Waals surface area contributed by atoms with Gasteiger partial charge in [0.15, 0.2) is 0 Å². The second-order valence-electron chi connectivity index (χ2n) is 16.8. The van der Waals surface area contributed by atoms with Gasteiger partial charge in [-0.15, -0.1) is 88.8 Å². The Labute approximate surface area is 480 Å². The second kappa shape index (κ2) is 36.2. The molecule has 0 bridgehead atoms. The smallest absolute Gasteiger partial charge is 0.295 e. The van der Waals surface area contributed by atoms with Gasteiger partial charge in [-0.05, 0) is 104 Å². The molecule has 1 aliphatic heterocycles. The molecule has 0 N–H and O–H groups in total. The fourth-order valence-electron chi connectivity index (χ4n) is 7.48. The number of aromatic nitrogens is 6. The van der Waals surface area contributed by atoms with Gasteiger partial charge in [0.2, 0.25) is 6.33 Å². The van der Waals surface area contributed by atoms with Crippen LogP contribution >= 0.6 is 26.4 Å². The Kier molecular flexibility index (Phi) is 29.7. The van der Waals surface area contributed by atoms with E-state index in [0.29, 0.717) is 0 Å². The van der Waals surface area contributed by atoms with Crippen LogP contribution in [0, 0.1) is 18.8 Å². The van der Waals surface area contributed by atoms with E-state index in [2.05, 4.69) is 173 Å². The first-order chi connectivity index (χ1) is 35.6. The third-order valence-corrected chi connectivity index (χ3v) is 11.4. The van der Waals surface area contributed by atoms with E-state index < -0.39 is 0 Å². The van der Waals surface area contributed by atoms with Gasteiger partial charge in [0.05, 0.1) is 35.9 Å². The molecular weight excluding hydrogens is 1360 g/mol. The van der Waals surface area contributed by atoms with Crippen LogP contribution in [0.15, 0.2) is 226 Å². The summed E-state index contributed by atoms with van der Waals surface area (Å²) >= 11 is 1.61. The molecule has 0 spiro atoms. The molecule has 74 heavy (non-hydrogen) atoms. The summed E-state index contributed by atoms with van der Waals surface area (Å²) in [6, 6.07) is 66.9. The van der Waals surface area contributed by atoms with Crippen LogP contribution < -0.4 is 4.57 Å². The summed E-state index contributed by atoms with van der Waals surface area (Å²) < 4.78 is 4.54. The molecule has 6 heterocycles. The summed E-state index contributed by atoms with van der Waals surface area (Å²) in [4.78, 5) is 22.4. The molecule has 12 heteroatoms. The van der Waals surface area contributed by atoms with Crippen molar-refractivity contribution < 1.29 is 44.4 Å². The van der Waals surface area contributed by atoms with E-state index in [1.807, 2.05) is 121 Å². The number of unbranched alkanes of at least 4 members (excludes halogenated alkanes) is 2. The fraction of sp³-hybridized carbons (Fsp3) is 0.194. The van der Waals surface area contributed by atoms with Gasteiger partial charge < -0.3 is 9.80 Å². The predicted octanol–water partition coefficient (Wildman–Crippen LogP) is 14.5. The van der Waals surface area contributed by atoms with E-state index in [0.717, 1.165) is 84.3 Å². The summed E-state index contributed by atoms with van der Waals surface area (Å²) in [6.07, 6.45) is 21.6. The molecule has 0 saturated carbocycles. The normalized spacial score (nSPS) is 10.9. The molecule has 0 saturated heterocycles. The van der Waals surface area contributed by atoms with E-state index >= 15 is 0 Å². The quantitative estimate of drug-likeness (QED) is 0.0709. The number of hydrogen-bond donors (Lipinski definition) is 0. The molecule has 0 aliphatic carbocycles. The number of rotatable bonds is 16. The Morgan fingerprint density at radius 1 is 0.514 bits per heavy atom. The Morgan fingerprint density at radius 3 is 1.45 bits per heavy atom. The van der Waals surface area contributed by atoms with Gasteiger partial charge in [-0.25, -0.2) is 9.13 Å². The third-order valence-electron chi connectivity index (χ3n) is 11.4. The van der Waals surface area contributed by atoms with Gasteiger partial charge in [-0.3, -0.25) is 19.9 Å². The first-order valence-electron chi connectivity index (χ1n) is 24.6. The third kappa shape index (κ3) is 21.6. The maximum absolute atomic E-state index is 4.62. The minimum atomic E-state index is 0. The Bertz CT molecular complexity index is 2620. The van der Waals surface area contributed by atoms with Gasteiger partial charge >= 0.3 is 49.3 Å². The molecule has 1 aliphatic rings. The average molecular weight is 1430 g/mol.